The molecule has 1 aliphatic heterocycles. The van der Waals surface area contributed by atoms with E-state index in [4.69, 9.17) is 16.6 Å². The summed E-state index contributed by atoms with van der Waals surface area (Å²) >= 11 is 5.31. The van der Waals surface area contributed by atoms with Crippen LogP contribution in [0, 0.1) is 0 Å². The molecular formula is C23H16N2O5S. The highest BCUT2D eigenvalue weighted by molar-refractivity contribution is 7.80. The molecule has 0 unspecified atom stereocenters. The first-order chi connectivity index (χ1) is 14.9. The molecule has 1 fully saturated rings. The normalized spacial score (nSPS) is 15.6. The lowest BCUT2D eigenvalue weighted by atomic mass is 10.1. The molecule has 2 amide bonds. The van der Waals surface area contributed by atoms with E-state index < -0.39 is 17.8 Å². The zero-order valence-corrected chi connectivity index (χ0v) is 17.1. The third-order valence-electron chi connectivity index (χ3n) is 4.80. The SMILES string of the molecule is CN1C(=O)C(=Cc2ccc(-c3ccccc3C(=O)O)o2)C(=O)N(c2ccccc2)C1=S. The van der Waals surface area contributed by atoms with Crippen LogP contribution in [0.3, 0.4) is 0 Å². The lowest BCUT2D eigenvalue weighted by Gasteiger charge is -2.34. The van der Waals surface area contributed by atoms with Crippen LogP contribution in [0.2, 0.25) is 0 Å². The van der Waals surface area contributed by atoms with Crippen LogP contribution in [0.4, 0.5) is 5.69 Å². The van der Waals surface area contributed by atoms with Gasteiger partial charge in [-0.3, -0.25) is 19.4 Å². The number of benzene rings is 2. The first-order valence-electron chi connectivity index (χ1n) is 9.24. The maximum atomic E-state index is 13.1. The molecule has 8 heteroatoms. The Labute approximate surface area is 182 Å². The number of hydrogen-bond donors (Lipinski definition) is 1. The highest BCUT2D eigenvalue weighted by Crippen LogP contribution is 2.29. The molecule has 7 nitrogen and oxygen atoms in total. The molecule has 0 aliphatic carbocycles. The maximum Gasteiger partial charge on any atom is 0.336 e. The van der Waals surface area contributed by atoms with Gasteiger partial charge < -0.3 is 9.52 Å². The van der Waals surface area contributed by atoms with Gasteiger partial charge in [0.1, 0.15) is 17.1 Å². The van der Waals surface area contributed by atoms with E-state index in [-0.39, 0.29) is 22.0 Å². The Morgan fingerprint density at radius 3 is 2.35 bits per heavy atom. The molecule has 1 aliphatic rings. The number of para-hydroxylation sites is 1. The van der Waals surface area contributed by atoms with Crippen molar-refractivity contribution in [1.29, 1.82) is 0 Å². The molecule has 0 radical (unpaired) electrons. The molecule has 1 aromatic heterocycles. The molecule has 1 saturated heterocycles. The fourth-order valence-electron chi connectivity index (χ4n) is 3.25. The summed E-state index contributed by atoms with van der Waals surface area (Å²) in [5, 5.41) is 9.47. The van der Waals surface area contributed by atoms with E-state index in [1.165, 1.54) is 29.0 Å². The van der Waals surface area contributed by atoms with Crippen molar-refractivity contribution < 1.29 is 23.9 Å². The second-order valence-electron chi connectivity index (χ2n) is 6.73. The topological polar surface area (TPSA) is 91.1 Å². The van der Waals surface area contributed by atoms with Crippen molar-refractivity contribution in [2.24, 2.45) is 0 Å². The minimum absolute atomic E-state index is 0.0777. The van der Waals surface area contributed by atoms with Gasteiger partial charge >= 0.3 is 5.97 Å². The number of furan rings is 1. The highest BCUT2D eigenvalue weighted by atomic mass is 32.1. The zero-order valence-electron chi connectivity index (χ0n) is 16.3. The fraction of sp³-hybridized carbons (Fsp3) is 0.0435. The van der Waals surface area contributed by atoms with Gasteiger partial charge in [-0.2, -0.15) is 0 Å². The van der Waals surface area contributed by atoms with Gasteiger partial charge in [0.2, 0.25) is 0 Å². The van der Waals surface area contributed by atoms with Gasteiger partial charge in [-0.25, -0.2) is 4.79 Å². The minimum atomic E-state index is -1.09. The largest absolute Gasteiger partial charge is 0.478 e. The van der Waals surface area contributed by atoms with Gasteiger partial charge in [0.15, 0.2) is 5.11 Å². The number of anilines is 1. The van der Waals surface area contributed by atoms with E-state index >= 15 is 0 Å². The maximum absolute atomic E-state index is 13.1. The van der Waals surface area contributed by atoms with Crippen molar-refractivity contribution in [2.45, 2.75) is 0 Å². The van der Waals surface area contributed by atoms with Gasteiger partial charge in [-0.1, -0.05) is 36.4 Å². The Bertz CT molecular complexity index is 1250. The van der Waals surface area contributed by atoms with Crippen molar-refractivity contribution >= 4 is 46.9 Å². The summed E-state index contributed by atoms with van der Waals surface area (Å²) in [5.74, 6) is -1.65. The Hall–Kier alpha value is -4.04. The number of amides is 2. The summed E-state index contributed by atoms with van der Waals surface area (Å²) in [5.41, 5.74) is 0.900. The Morgan fingerprint density at radius 1 is 0.968 bits per heavy atom. The molecular weight excluding hydrogens is 416 g/mol. The molecule has 3 aromatic rings. The Kier molecular flexibility index (Phi) is 5.22. The second kappa shape index (κ2) is 8.00. The van der Waals surface area contributed by atoms with Crippen LogP contribution in [0.1, 0.15) is 16.1 Å². The summed E-state index contributed by atoms with van der Waals surface area (Å²) in [7, 11) is 1.50. The van der Waals surface area contributed by atoms with Gasteiger partial charge in [-0.05, 0) is 48.6 Å². The van der Waals surface area contributed by atoms with E-state index in [1.807, 2.05) is 6.07 Å². The van der Waals surface area contributed by atoms with Crippen LogP contribution in [0.15, 0.2) is 76.7 Å². The van der Waals surface area contributed by atoms with Crippen LogP contribution in [-0.2, 0) is 9.59 Å². The number of likely N-dealkylation sites (N-methyl/N-ethyl adjacent to an activating group) is 1. The summed E-state index contributed by atoms with van der Waals surface area (Å²) in [6.07, 6.45) is 1.34. The quantitative estimate of drug-likeness (QED) is 0.383. The molecule has 0 bridgehead atoms. The number of rotatable bonds is 4. The molecule has 154 valence electrons. The Morgan fingerprint density at radius 2 is 1.65 bits per heavy atom. The summed E-state index contributed by atoms with van der Waals surface area (Å²) in [6, 6.07) is 18.4. The third-order valence-corrected chi connectivity index (χ3v) is 5.25. The average molecular weight is 432 g/mol. The predicted molar refractivity (Wildman–Crippen MR) is 118 cm³/mol. The summed E-state index contributed by atoms with van der Waals surface area (Å²) in [4.78, 5) is 39.9. The molecule has 2 aromatic carbocycles. The fourth-order valence-corrected chi connectivity index (χ4v) is 3.52. The molecule has 0 spiro atoms. The van der Waals surface area contributed by atoms with Crippen LogP contribution < -0.4 is 4.90 Å². The summed E-state index contributed by atoms with van der Waals surface area (Å²) in [6.45, 7) is 0. The number of aromatic carboxylic acids is 1. The number of carbonyl (C=O) groups is 3. The number of carboxylic acid groups (broad SMARTS) is 1. The van der Waals surface area contributed by atoms with Gasteiger partial charge in [-0.15, -0.1) is 0 Å². The van der Waals surface area contributed by atoms with E-state index in [0.717, 1.165) is 0 Å². The molecule has 0 saturated carbocycles. The first kappa shape index (κ1) is 20.2. The Balaban J connectivity index is 1.73. The molecule has 0 atom stereocenters. The van der Waals surface area contributed by atoms with Crippen molar-refractivity contribution in [3.63, 3.8) is 0 Å². The molecule has 1 N–H and O–H groups in total. The predicted octanol–water partition coefficient (Wildman–Crippen LogP) is 3.82. The minimum Gasteiger partial charge on any atom is -0.478 e. The zero-order chi connectivity index (χ0) is 22.1. The number of hydrogen-bond acceptors (Lipinski definition) is 5. The van der Waals surface area contributed by atoms with E-state index in [1.54, 1.807) is 54.6 Å². The number of nitrogens with zero attached hydrogens (tertiary/aromatic N) is 2. The molecule has 2 heterocycles. The van der Waals surface area contributed by atoms with Crippen molar-refractivity contribution in [2.75, 3.05) is 11.9 Å². The smallest absolute Gasteiger partial charge is 0.336 e. The van der Waals surface area contributed by atoms with Gasteiger partial charge in [0, 0.05) is 12.6 Å². The van der Waals surface area contributed by atoms with E-state index in [0.29, 0.717) is 17.0 Å². The van der Waals surface area contributed by atoms with Crippen LogP contribution >= 0.6 is 12.2 Å². The van der Waals surface area contributed by atoms with Crippen LogP contribution in [-0.4, -0.2) is 40.0 Å². The van der Waals surface area contributed by atoms with Crippen molar-refractivity contribution in [3.8, 4) is 11.3 Å². The standard InChI is InChI=1S/C23H16N2O5S/c1-24-20(26)18(21(27)25(23(24)31)14-7-3-2-4-8-14)13-15-11-12-19(30-15)16-9-5-6-10-17(16)22(28)29/h2-13H,1H3,(H,28,29). The number of thiocarbonyl (C=S) groups is 1. The first-order valence-corrected chi connectivity index (χ1v) is 9.65. The van der Waals surface area contributed by atoms with E-state index in [9.17, 15) is 19.5 Å². The highest BCUT2D eigenvalue weighted by Gasteiger charge is 2.38. The van der Waals surface area contributed by atoms with E-state index in [2.05, 4.69) is 0 Å². The van der Waals surface area contributed by atoms with Gasteiger partial charge in [0.05, 0.1) is 11.3 Å². The third kappa shape index (κ3) is 3.64. The van der Waals surface area contributed by atoms with Crippen LogP contribution in [0.25, 0.3) is 17.4 Å². The number of carboxylic acids is 1. The summed E-state index contributed by atoms with van der Waals surface area (Å²) < 4.78 is 5.75. The lowest BCUT2D eigenvalue weighted by molar-refractivity contribution is -0.127. The van der Waals surface area contributed by atoms with Gasteiger partial charge in [0.25, 0.3) is 11.8 Å². The molecule has 31 heavy (non-hydrogen) atoms. The van der Waals surface area contributed by atoms with Crippen molar-refractivity contribution in [3.05, 3.63) is 83.6 Å². The lowest BCUT2D eigenvalue weighted by Crippen LogP contribution is -2.54. The van der Waals surface area contributed by atoms with Crippen LogP contribution in [0.5, 0.6) is 0 Å². The second-order valence-corrected chi connectivity index (χ2v) is 7.10. The average Bonchev–Trinajstić information content (AvgIpc) is 3.25. The number of carbonyl (C=O) groups excluding carboxylic acids is 2. The molecule has 4 rings (SSSR count). The van der Waals surface area contributed by atoms with Crippen molar-refractivity contribution in [1.82, 2.24) is 4.90 Å². The monoisotopic (exact) mass is 432 g/mol.